The van der Waals surface area contributed by atoms with Gasteiger partial charge >= 0.3 is 11.4 Å². The number of aryl methyl sites for hydroxylation is 2. The van der Waals surface area contributed by atoms with Gasteiger partial charge < -0.3 is 24.8 Å². The molecule has 0 bridgehead atoms. The van der Waals surface area contributed by atoms with Gasteiger partial charge in [-0.05, 0) is 49.4 Å². The van der Waals surface area contributed by atoms with Gasteiger partial charge in [0.15, 0.2) is 12.0 Å². The Labute approximate surface area is 263 Å². The van der Waals surface area contributed by atoms with E-state index in [4.69, 9.17) is 20.5 Å². The first-order valence-corrected chi connectivity index (χ1v) is 18.9. The van der Waals surface area contributed by atoms with Gasteiger partial charge in [0, 0.05) is 76.8 Å². The summed E-state index contributed by atoms with van der Waals surface area (Å²) in [5.41, 5.74) is 14.4. The number of aliphatic hydroxyl groups is 3. The molecule has 0 saturated carbocycles. The fourth-order valence-corrected chi connectivity index (χ4v) is 4.75. The second-order valence-corrected chi connectivity index (χ2v) is 9.70. The molecule has 4 rings (SSSR count). The molecule has 0 aromatic carbocycles. The van der Waals surface area contributed by atoms with Gasteiger partial charge in [-0.15, -0.1) is 0 Å². The molecule has 230 valence electrons. The number of hydrogen-bond donors (Lipinski definition) is 3. The molecular formula is C23H32I2N10O7. The van der Waals surface area contributed by atoms with Gasteiger partial charge in [-0.2, -0.15) is 9.97 Å². The second kappa shape index (κ2) is 15.4. The maximum atomic E-state index is 12.0. The molecule has 2 aromatic rings. The first kappa shape index (κ1) is 35.8. The van der Waals surface area contributed by atoms with Crippen molar-refractivity contribution in [1.82, 2.24) is 19.1 Å². The molecule has 42 heavy (non-hydrogen) atoms. The summed E-state index contributed by atoms with van der Waals surface area (Å²) in [4.78, 5) is 36.7. The maximum absolute atomic E-state index is 12.0. The van der Waals surface area contributed by atoms with Crippen molar-refractivity contribution in [1.29, 1.82) is 0 Å². The van der Waals surface area contributed by atoms with Crippen molar-refractivity contribution in [2.75, 3.05) is 6.61 Å². The van der Waals surface area contributed by atoms with E-state index < -0.39 is 48.4 Å². The standard InChI is InChI=1S/C13H19N5O2.C10H13N5O5.I2/c1-5-13(16-17-14)10(4)9(3)11(20-13)18-7-6-8(2)15-12(18)19;1-5-2-3-15(9(19)12-5)8-6(17)7(18)10(4-16,20-8)13-14-11;1-2/h6-7,9-11H,5H2,1-4H3;2-3,6-8,16-18H,4H2,1H3;/t9-,10+,11-,13-;6-,7+,8-,10-;/m11./s1. The average Bonchev–Trinajstić information content (AvgIpc) is 3.36. The minimum absolute atomic E-state index is 0.0154. The number of aromatic nitrogens is 4. The van der Waals surface area contributed by atoms with Crippen molar-refractivity contribution in [2.24, 2.45) is 22.1 Å². The van der Waals surface area contributed by atoms with Crippen LogP contribution in [0.2, 0.25) is 0 Å². The van der Waals surface area contributed by atoms with E-state index in [0.29, 0.717) is 17.8 Å². The van der Waals surface area contributed by atoms with Crippen LogP contribution in [-0.4, -0.2) is 64.7 Å². The van der Waals surface area contributed by atoms with E-state index in [0.717, 1.165) is 4.57 Å². The van der Waals surface area contributed by atoms with E-state index in [9.17, 15) is 24.9 Å². The molecule has 0 radical (unpaired) electrons. The zero-order valence-electron chi connectivity index (χ0n) is 23.4. The van der Waals surface area contributed by atoms with Crippen LogP contribution in [0, 0.1) is 25.7 Å². The summed E-state index contributed by atoms with van der Waals surface area (Å²) in [6.45, 7) is 8.42. The predicted octanol–water partition coefficient (Wildman–Crippen LogP) is 3.34. The van der Waals surface area contributed by atoms with Crippen LogP contribution in [-0.2, 0) is 9.47 Å². The van der Waals surface area contributed by atoms with E-state index in [1.807, 2.05) is 20.8 Å². The first-order chi connectivity index (χ1) is 19.9. The monoisotopic (exact) mass is 814 g/mol. The van der Waals surface area contributed by atoms with Gasteiger partial charge in [-0.1, -0.05) is 31.0 Å². The summed E-state index contributed by atoms with van der Waals surface area (Å²) in [7, 11) is 0. The molecule has 0 aliphatic carbocycles. The summed E-state index contributed by atoms with van der Waals surface area (Å²) in [6.07, 6.45) is -1.45. The van der Waals surface area contributed by atoms with E-state index in [1.54, 1.807) is 26.1 Å². The Morgan fingerprint density at radius 3 is 1.83 bits per heavy atom. The van der Waals surface area contributed by atoms with Crippen LogP contribution in [0.25, 0.3) is 20.9 Å². The van der Waals surface area contributed by atoms with Gasteiger partial charge in [-0.25, -0.2) is 9.59 Å². The van der Waals surface area contributed by atoms with Gasteiger partial charge in [0.05, 0.1) is 6.61 Å². The van der Waals surface area contributed by atoms with E-state index in [-0.39, 0.29) is 17.5 Å². The molecule has 2 aliphatic heterocycles. The lowest BCUT2D eigenvalue weighted by atomic mass is 9.87. The summed E-state index contributed by atoms with van der Waals surface area (Å²) in [5, 5.41) is 36.1. The van der Waals surface area contributed by atoms with Gasteiger partial charge in [0.2, 0.25) is 5.72 Å². The van der Waals surface area contributed by atoms with Crippen LogP contribution < -0.4 is 11.4 Å². The Bertz CT molecular complexity index is 1340. The van der Waals surface area contributed by atoms with Crippen LogP contribution in [0.15, 0.2) is 44.3 Å². The Balaban J connectivity index is 0.000000277. The lowest BCUT2D eigenvalue weighted by Gasteiger charge is -2.26. The second-order valence-electron chi connectivity index (χ2n) is 9.70. The highest BCUT2D eigenvalue weighted by Gasteiger charge is 2.55. The smallest absolute Gasteiger partial charge is 0.349 e. The lowest BCUT2D eigenvalue weighted by Crippen LogP contribution is -2.44. The van der Waals surface area contributed by atoms with Crippen LogP contribution in [0.1, 0.15) is 51.0 Å². The molecule has 0 unspecified atom stereocenters. The molecule has 4 heterocycles. The SMILES string of the molecule is CC[C@@]1(N=[N+]=[N-])O[C@@H](n2ccc(C)nc2=O)[C@H](C)[C@@H]1C.Cc1ccn([C@@H]2O[C@@](CO)(N=[N+]=[N-])[C@@H](O)[C@H]2O)c(=O)n1.II. The van der Waals surface area contributed by atoms with Crippen LogP contribution in [0.5, 0.6) is 0 Å². The summed E-state index contributed by atoms with van der Waals surface area (Å²) in [6, 6.07) is 3.28. The topological polar surface area (TPSA) is 246 Å². The minimum atomic E-state index is -2.04. The number of hydrogen-bond acceptors (Lipinski definition) is 11. The molecule has 2 fully saturated rings. The van der Waals surface area contributed by atoms with E-state index in [1.165, 1.54) is 16.8 Å². The minimum Gasteiger partial charge on any atom is -0.393 e. The number of halogens is 2. The van der Waals surface area contributed by atoms with Crippen molar-refractivity contribution in [3.63, 3.8) is 0 Å². The Morgan fingerprint density at radius 1 is 0.952 bits per heavy atom. The molecule has 19 heteroatoms. The Kier molecular flexibility index (Phi) is 13.1. The van der Waals surface area contributed by atoms with E-state index >= 15 is 0 Å². The normalized spacial score (nSPS) is 31.5. The third-order valence-electron chi connectivity index (χ3n) is 7.33. The van der Waals surface area contributed by atoms with Crippen LogP contribution >= 0.6 is 37.2 Å². The Hall–Kier alpha value is -2.36. The summed E-state index contributed by atoms with van der Waals surface area (Å²) < 4.78 is 13.6. The Morgan fingerprint density at radius 2 is 1.40 bits per heavy atom. The van der Waals surface area contributed by atoms with E-state index in [2.05, 4.69) is 67.3 Å². The summed E-state index contributed by atoms with van der Waals surface area (Å²) >= 11 is 4.24. The largest absolute Gasteiger partial charge is 0.393 e. The van der Waals surface area contributed by atoms with Crippen molar-refractivity contribution in [3.05, 3.63) is 77.8 Å². The van der Waals surface area contributed by atoms with Gasteiger partial charge in [-0.3, -0.25) is 9.13 Å². The lowest BCUT2D eigenvalue weighted by molar-refractivity contribution is -0.125. The van der Waals surface area contributed by atoms with Crippen molar-refractivity contribution in [2.45, 2.75) is 77.2 Å². The molecule has 2 aliphatic rings. The number of aliphatic hydroxyl groups excluding tert-OH is 3. The predicted molar refractivity (Wildman–Crippen MR) is 166 cm³/mol. The number of nitrogens with zero attached hydrogens (tertiary/aromatic N) is 10. The van der Waals surface area contributed by atoms with Crippen molar-refractivity contribution < 1.29 is 24.8 Å². The quantitative estimate of drug-likeness (QED) is 0.167. The van der Waals surface area contributed by atoms with Crippen molar-refractivity contribution in [3.8, 4) is 0 Å². The highest BCUT2D eigenvalue weighted by molar-refractivity contribution is 15.0. The third-order valence-corrected chi connectivity index (χ3v) is 7.33. The van der Waals surface area contributed by atoms with Crippen LogP contribution in [0.4, 0.5) is 0 Å². The molecule has 3 N–H and O–H groups in total. The van der Waals surface area contributed by atoms with Gasteiger partial charge in [0.25, 0.3) is 0 Å². The average molecular weight is 814 g/mol. The van der Waals surface area contributed by atoms with Gasteiger partial charge in [0.1, 0.15) is 18.4 Å². The molecule has 0 spiro atoms. The number of ether oxygens (including phenoxy) is 2. The third kappa shape index (κ3) is 7.22. The molecule has 17 nitrogen and oxygen atoms in total. The number of rotatable bonds is 6. The highest BCUT2D eigenvalue weighted by Crippen LogP contribution is 2.47. The zero-order chi connectivity index (χ0) is 31.8. The fraction of sp³-hybridized carbons (Fsp3) is 0.652. The molecule has 0 amide bonds. The molecule has 2 aromatic heterocycles. The molecular weight excluding hydrogens is 782 g/mol. The maximum Gasteiger partial charge on any atom is 0.349 e. The number of azide groups is 2. The molecule has 2 saturated heterocycles. The fourth-order valence-electron chi connectivity index (χ4n) is 4.75. The molecule has 8 atom stereocenters. The van der Waals surface area contributed by atoms with Crippen molar-refractivity contribution >= 4 is 37.2 Å². The first-order valence-electron chi connectivity index (χ1n) is 12.6. The highest BCUT2D eigenvalue weighted by atomic mass is 128. The summed E-state index contributed by atoms with van der Waals surface area (Å²) in [5.74, 6) is 0.0595. The van der Waals surface area contributed by atoms with Crippen LogP contribution in [0.3, 0.4) is 0 Å². The zero-order valence-corrected chi connectivity index (χ0v) is 27.7.